The Balaban J connectivity index is 1.68. The summed E-state index contributed by atoms with van der Waals surface area (Å²) >= 11 is 1.50. The van der Waals surface area contributed by atoms with Crippen molar-refractivity contribution < 1.29 is 4.79 Å². The molecule has 0 N–H and O–H groups in total. The fourth-order valence-corrected chi connectivity index (χ4v) is 2.94. The Kier molecular flexibility index (Phi) is 3.75. The fraction of sp³-hybridized carbons (Fsp3) is 0.250. The third kappa shape index (κ3) is 2.83. The number of fused-ring (bicyclic) bond motifs is 1. The highest BCUT2D eigenvalue weighted by atomic mass is 32.1. The lowest BCUT2D eigenvalue weighted by Crippen LogP contribution is -2.30. The van der Waals surface area contributed by atoms with E-state index in [9.17, 15) is 4.79 Å². The molecule has 0 fully saturated rings. The molecule has 0 saturated carbocycles. The van der Waals surface area contributed by atoms with Crippen LogP contribution >= 0.6 is 11.3 Å². The summed E-state index contributed by atoms with van der Waals surface area (Å²) in [7, 11) is 1.82. The number of para-hydroxylation sites is 1. The highest BCUT2D eigenvalue weighted by molar-refractivity contribution is 7.09. The minimum Gasteiger partial charge on any atom is -0.346 e. The van der Waals surface area contributed by atoms with Gasteiger partial charge in [0.15, 0.2) is 0 Å². The Morgan fingerprint density at radius 3 is 2.90 bits per heavy atom. The van der Waals surface area contributed by atoms with Crippen molar-refractivity contribution in [3.63, 3.8) is 0 Å². The van der Waals surface area contributed by atoms with Crippen molar-refractivity contribution in [3.05, 3.63) is 52.6 Å². The third-order valence-corrected chi connectivity index (χ3v) is 4.31. The summed E-state index contributed by atoms with van der Waals surface area (Å²) in [4.78, 5) is 18.2. The molecule has 0 aliphatic heterocycles. The molecule has 3 aromatic rings. The van der Waals surface area contributed by atoms with Crippen LogP contribution in [0, 0.1) is 6.92 Å². The van der Waals surface area contributed by atoms with E-state index in [2.05, 4.69) is 33.9 Å². The van der Waals surface area contributed by atoms with Gasteiger partial charge in [-0.05, 0) is 24.4 Å². The van der Waals surface area contributed by atoms with Gasteiger partial charge in [0.25, 0.3) is 5.91 Å². The second-order valence-corrected chi connectivity index (χ2v) is 6.11. The molecule has 21 heavy (non-hydrogen) atoms. The van der Waals surface area contributed by atoms with E-state index < -0.39 is 0 Å². The molecule has 0 spiro atoms. The normalized spacial score (nSPS) is 11.0. The molecule has 0 bridgehead atoms. The minimum atomic E-state index is -0.0178. The highest BCUT2D eigenvalue weighted by Crippen LogP contribution is 2.15. The summed E-state index contributed by atoms with van der Waals surface area (Å²) < 4.78 is 2.17. The van der Waals surface area contributed by atoms with Gasteiger partial charge in [-0.25, -0.2) is 4.98 Å². The van der Waals surface area contributed by atoms with Crippen molar-refractivity contribution in [1.82, 2.24) is 14.5 Å². The van der Waals surface area contributed by atoms with E-state index in [-0.39, 0.29) is 5.91 Å². The second kappa shape index (κ2) is 5.69. The summed E-state index contributed by atoms with van der Waals surface area (Å²) in [6, 6.07) is 10.4. The number of nitrogens with zero attached hydrogens (tertiary/aromatic N) is 3. The number of hydrogen-bond acceptors (Lipinski definition) is 3. The molecular formula is C16H17N3OS. The van der Waals surface area contributed by atoms with Crippen LogP contribution in [-0.4, -0.2) is 34.0 Å². The first-order chi connectivity index (χ1) is 10.1. The van der Waals surface area contributed by atoms with Crippen molar-refractivity contribution in [2.24, 2.45) is 0 Å². The van der Waals surface area contributed by atoms with Crippen LogP contribution < -0.4 is 0 Å². The van der Waals surface area contributed by atoms with Crippen molar-refractivity contribution in [2.75, 3.05) is 13.6 Å². The highest BCUT2D eigenvalue weighted by Gasteiger charge is 2.14. The summed E-state index contributed by atoms with van der Waals surface area (Å²) in [5.41, 5.74) is 1.74. The van der Waals surface area contributed by atoms with Gasteiger partial charge in [-0.15, -0.1) is 11.3 Å². The van der Waals surface area contributed by atoms with E-state index >= 15 is 0 Å². The van der Waals surface area contributed by atoms with Crippen LogP contribution in [0.15, 0.2) is 41.9 Å². The third-order valence-electron chi connectivity index (χ3n) is 3.54. The van der Waals surface area contributed by atoms with Gasteiger partial charge >= 0.3 is 0 Å². The van der Waals surface area contributed by atoms with Gasteiger partial charge in [-0.2, -0.15) is 0 Å². The Hall–Kier alpha value is -2.14. The largest absolute Gasteiger partial charge is 0.346 e. The monoisotopic (exact) mass is 299 g/mol. The molecule has 5 heteroatoms. The first kappa shape index (κ1) is 13.8. The van der Waals surface area contributed by atoms with E-state index in [0.29, 0.717) is 12.2 Å². The van der Waals surface area contributed by atoms with Gasteiger partial charge in [0.05, 0.1) is 5.01 Å². The van der Waals surface area contributed by atoms with Crippen molar-refractivity contribution in [1.29, 1.82) is 0 Å². The molecule has 2 aromatic heterocycles. The Bertz CT molecular complexity index is 775. The lowest BCUT2D eigenvalue weighted by molar-refractivity contribution is 0.0785. The summed E-state index contributed by atoms with van der Waals surface area (Å²) in [5.74, 6) is -0.0178. The first-order valence-electron chi connectivity index (χ1n) is 6.86. The van der Waals surface area contributed by atoms with Gasteiger partial charge in [-0.1, -0.05) is 18.2 Å². The zero-order chi connectivity index (χ0) is 14.8. The van der Waals surface area contributed by atoms with E-state index in [4.69, 9.17) is 0 Å². The van der Waals surface area contributed by atoms with Crippen LogP contribution in [0.25, 0.3) is 10.9 Å². The van der Waals surface area contributed by atoms with Crippen LogP contribution in [0.2, 0.25) is 0 Å². The number of carbonyl (C=O) groups excluding carboxylic acids is 1. The first-order valence-corrected chi connectivity index (χ1v) is 7.74. The van der Waals surface area contributed by atoms with E-state index in [1.54, 1.807) is 4.90 Å². The Labute approximate surface area is 127 Å². The molecule has 3 rings (SSSR count). The summed E-state index contributed by atoms with van der Waals surface area (Å²) in [5, 5.41) is 3.96. The number of hydrogen-bond donors (Lipinski definition) is 0. The number of thiazole rings is 1. The number of carbonyl (C=O) groups is 1. The lowest BCUT2D eigenvalue weighted by atomic mass is 10.2. The van der Waals surface area contributed by atoms with Gasteiger partial charge in [0, 0.05) is 37.2 Å². The Morgan fingerprint density at radius 1 is 1.33 bits per heavy atom. The smallest absolute Gasteiger partial charge is 0.273 e. The van der Waals surface area contributed by atoms with Crippen LogP contribution in [0.4, 0.5) is 0 Å². The zero-order valence-corrected chi connectivity index (χ0v) is 12.9. The van der Waals surface area contributed by atoms with E-state index in [1.807, 2.05) is 31.5 Å². The minimum absolute atomic E-state index is 0.0178. The topological polar surface area (TPSA) is 38.1 Å². The number of rotatable bonds is 4. The molecular weight excluding hydrogens is 282 g/mol. The number of aromatic nitrogens is 2. The molecule has 0 aliphatic carbocycles. The average Bonchev–Trinajstić information content (AvgIpc) is 3.10. The van der Waals surface area contributed by atoms with Gasteiger partial charge in [0.2, 0.25) is 0 Å². The van der Waals surface area contributed by atoms with Gasteiger partial charge in [-0.3, -0.25) is 4.79 Å². The summed E-state index contributed by atoms with van der Waals surface area (Å²) in [6.45, 7) is 3.35. The maximum atomic E-state index is 12.2. The number of aryl methyl sites for hydroxylation is 1. The van der Waals surface area contributed by atoms with Crippen molar-refractivity contribution in [2.45, 2.75) is 13.5 Å². The molecule has 1 aromatic carbocycles. The molecule has 4 nitrogen and oxygen atoms in total. The molecule has 108 valence electrons. The average molecular weight is 299 g/mol. The van der Waals surface area contributed by atoms with Gasteiger partial charge < -0.3 is 9.47 Å². The standard InChI is InChI=1S/C16H17N3OS/c1-12-17-14(11-21-12)16(20)18(2)9-10-19-8-7-13-5-3-4-6-15(13)19/h3-8,11H,9-10H2,1-2H3. The van der Waals surface area contributed by atoms with E-state index in [0.717, 1.165) is 11.6 Å². The van der Waals surface area contributed by atoms with Crippen LogP contribution in [0.5, 0.6) is 0 Å². The van der Waals surface area contributed by atoms with Crippen LogP contribution in [0.1, 0.15) is 15.5 Å². The molecule has 0 radical (unpaired) electrons. The lowest BCUT2D eigenvalue weighted by Gasteiger charge is -2.16. The maximum Gasteiger partial charge on any atom is 0.273 e. The second-order valence-electron chi connectivity index (χ2n) is 5.05. The molecule has 0 saturated heterocycles. The zero-order valence-electron chi connectivity index (χ0n) is 12.1. The SMILES string of the molecule is Cc1nc(C(=O)N(C)CCn2ccc3ccccc32)cs1. The molecule has 0 atom stereocenters. The molecule has 0 aliphatic rings. The fourth-order valence-electron chi connectivity index (χ4n) is 2.35. The molecule has 0 unspecified atom stereocenters. The Morgan fingerprint density at radius 2 is 2.14 bits per heavy atom. The number of amides is 1. The predicted octanol–water partition coefficient (Wildman–Crippen LogP) is 3.18. The number of likely N-dealkylation sites (N-methyl/N-ethyl adjacent to an activating group) is 1. The molecule has 2 heterocycles. The van der Waals surface area contributed by atoms with Gasteiger partial charge in [0.1, 0.15) is 5.69 Å². The summed E-state index contributed by atoms with van der Waals surface area (Å²) in [6.07, 6.45) is 2.07. The molecule has 1 amide bonds. The van der Waals surface area contributed by atoms with Crippen LogP contribution in [0.3, 0.4) is 0 Å². The number of benzene rings is 1. The van der Waals surface area contributed by atoms with Crippen molar-refractivity contribution >= 4 is 28.1 Å². The maximum absolute atomic E-state index is 12.2. The quantitative estimate of drug-likeness (QED) is 0.742. The van der Waals surface area contributed by atoms with E-state index in [1.165, 1.54) is 22.2 Å². The van der Waals surface area contributed by atoms with Crippen molar-refractivity contribution in [3.8, 4) is 0 Å². The van der Waals surface area contributed by atoms with Crippen LogP contribution in [-0.2, 0) is 6.54 Å². The predicted molar refractivity (Wildman–Crippen MR) is 85.7 cm³/mol.